The first-order valence-corrected chi connectivity index (χ1v) is 7.31. The Morgan fingerprint density at radius 2 is 2.07 bits per heavy atom. The van der Waals surface area contributed by atoms with E-state index in [2.05, 4.69) is 24.4 Å². The van der Waals surface area contributed by atoms with Crippen LogP contribution in [-0.4, -0.2) is 5.38 Å². The van der Waals surface area contributed by atoms with Crippen molar-refractivity contribution in [3.63, 3.8) is 0 Å². The SMILES string of the molecule is CCCCCCCC(Cl)Cc1cccs1. The molecule has 0 saturated heterocycles. The van der Waals surface area contributed by atoms with Gasteiger partial charge in [-0.15, -0.1) is 22.9 Å². The minimum absolute atomic E-state index is 0.338. The third-order valence-electron chi connectivity index (χ3n) is 2.62. The number of hydrogen-bond donors (Lipinski definition) is 0. The molecule has 1 atom stereocenters. The van der Waals surface area contributed by atoms with Crippen LogP contribution in [0, 0.1) is 0 Å². The van der Waals surface area contributed by atoms with Crippen molar-refractivity contribution in [3.05, 3.63) is 22.4 Å². The molecule has 0 saturated carbocycles. The lowest BCUT2D eigenvalue weighted by Crippen LogP contribution is -2.01. The largest absolute Gasteiger partial charge is 0.149 e. The minimum atomic E-state index is 0.338. The van der Waals surface area contributed by atoms with Gasteiger partial charge in [-0.3, -0.25) is 0 Å². The Kier molecular flexibility index (Phi) is 7.12. The predicted octanol–water partition coefficient (Wildman–Crippen LogP) is 5.26. The average molecular weight is 245 g/mol. The van der Waals surface area contributed by atoms with E-state index in [1.807, 2.05) is 11.3 Å². The monoisotopic (exact) mass is 244 g/mol. The van der Waals surface area contributed by atoms with Crippen LogP contribution in [0.15, 0.2) is 17.5 Å². The normalized spacial score (nSPS) is 12.9. The standard InChI is InChI=1S/C13H21ClS/c1-2-3-4-5-6-8-12(14)11-13-9-7-10-15-13/h7,9-10,12H,2-6,8,11H2,1H3. The summed E-state index contributed by atoms with van der Waals surface area (Å²) in [6.45, 7) is 2.25. The van der Waals surface area contributed by atoms with Gasteiger partial charge in [0.2, 0.25) is 0 Å². The number of rotatable bonds is 8. The lowest BCUT2D eigenvalue weighted by Gasteiger charge is -2.07. The summed E-state index contributed by atoms with van der Waals surface area (Å²) in [5.74, 6) is 0. The first-order chi connectivity index (χ1) is 7.33. The second-order valence-electron chi connectivity index (χ2n) is 4.08. The average Bonchev–Trinajstić information content (AvgIpc) is 2.70. The zero-order valence-electron chi connectivity index (χ0n) is 9.55. The van der Waals surface area contributed by atoms with Crippen molar-refractivity contribution in [1.82, 2.24) is 0 Å². The van der Waals surface area contributed by atoms with Crippen LogP contribution < -0.4 is 0 Å². The zero-order valence-corrected chi connectivity index (χ0v) is 11.1. The Morgan fingerprint density at radius 1 is 1.27 bits per heavy atom. The molecule has 0 amide bonds. The Morgan fingerprint density at radius 3 is 2.73 bits per heavy atom. The summed E-state index contributed by atoms with van der Waals surface area (Å²) in [5, 5.41) is 2.46. The maximum absolute atomic E-state index is 6.29. The Hall–Kier alpha value is -0.0100. The third kappa shape index (κ3) is 6.21. The molecule has 1 rings (SSSR count). The van der Waals surface area contributed by atoms with Gasteiger partial charge in [0, 0.05) is 10.3 Å². The highest BCUT2D eigenvalue weighted by atomic mass is 35.5. The van der Waals surface area contributed by atoms with Crippen LogP contribution in [0.2, 0.25) is 0 Å². The van der Waals surface area contributed by atoms with E-state index in [-0.39, 0.29) is 0 Å². The summed E-state index contributed by atoms with van der Waals surface area (Å²) in [7, 11) is 0. The van der Waals surface area contributed by atoms with Gasteiger partial charge >= 0.3 is 0 Å². The topological polar surface area (TPSA) is 0 Å². The molecule has 0 aliphatic rings. The highest BCUT2D eigenvalue weighted by Gasteiger charge is 2.06. The fraction of sp³-hybridized carbons (Fsp3) is 0.692. The molecule has 0 N–H and O–H groups in total. The fourth-order valence-electron chi connectivity index (χ4n) is 1.72. The smallest absolute Gasteiger partial charge is 0.0384 e. The van der Waals surface area contributed by atoms with Crippen LogP contribution in [0.3, 0.4) is 0 Å². The lowest BCUT2D eigenvalue weighted by atomic mass is 10.1. The van der Waals surface area contributed by atoms with Gasteiger partial charge in [0.15, 0.2) is 0 Å². The van der Waals surface area contributed by atoms with E-state index in [1.54, 1.807) is 0 Å². The molecule has 0 aliphatic heterocycles. The molecule has 1 heterocycles. The summed E-state index contributed by atoms with van der Waals surface area (Å²) >= 11 is 8.11. The summed E-state index contributed by atoms with van der Waals surface area (Å²) in [6.07, 6.45) is 8.92. The molecule has 1 aromatic heterocycles. The molecule has 1 unspecified atom stereocenters. The van der Waals surface area contributed by atoms with Crippen molar-refractivity contribution in [3.8, 4) is 0 Å². The van der Waals surface area contributed by atoms with E-state index in [1.165, 1.54) is 43.4 Å². The van der Waals surface area contributed by atoms with Gasteiger partial charge in [0.05, 0.1) is 0 Å². The molecule has 0 spiro atoms. The minimum Gasteiger partial charge on any atom is -0.149 e. The van der Waals surface area contributed by atoms with Crippen molar-refractivity contribution in [2.45, 2.75) is 57.2 Å². The lowest BCUT2D eigenvalue weighted by molar-refractivity contribution is 0.594. The second kappa shape index (κ2) is 8.18. The Balaban J connectivity index is 2.01. The molecule has 1 aromatic rings. The van der Waals surface area contributed by atoms with Gasteiger partial charge in [-0.25, -0.2) is 0 Å². The van der Waals surface area contributed by atoms with Crippen molar-refractivity contribution < 1.29 is 0 Å². The van der Waals surface area contributed by atoms with Crippen LogP contribution in [0.5, 0.6) is 0 Å². The predicted molar refractivity (Wildman–Crippen MR) is 71.0 cm³/mol. The van der Waals surface area contributed by atoms with E-state index < -0.39 is 0 Å². The molecule has 0 nitrogen and oxygen atoms in total. The first-order valence-electron chi connectivity index (χ1n) is 5.99. The van der Waals surface area contributed by atoms with Gasteiger partial charge in [0.25, 0.3) is 0 Å². The van der Waals surface area contributed by atoms with E-state index in [0.29, 0.717) is 5.38 Å². The highest BCUT2D eigenvalue weighted by Crippen LogP contribution is 2.18. The third-order valence-corrected chi connectivity index (χ3v) is 3.89. The van der Waals surface area contributed by atoms with E-state index in [4.69, 9.17) is 11.6 Å². The van der Waals surface area contributed by atoms with Gasteiger partial charge < -0.3 is 0 Å². The summed E-state index contributed by atoms with van der Waals surface area (Å²) in [5.41, 5.74) is 0. The molecule has 2 heteroatoms. The van der Waals surface area contributed by atoms with Gasteiger partial charge in [-0.1, -0.05) is 45.1 Å². The maximum atomic E-state index is 6.29. The molecular formula is C13H21ClS. The molecule has 0 bridgehead atoms. The Bertz CT molecular complexity index is 231. The Labute approximate surface area is 103 Å². The maximum Gasteiger partial charge on any atom is 0.0384 e. The summed E-state index contributed by atoms with van der Waals surface area (Å²) in [6, 6.07) is 4.28. The summed E-state index contributed by atoms with van der Waals surface area (Å²) in [4.78, 5) is 1.42. The van der Waals surface area contributed by atoms with Crippen LogP contribution in [0.1, 0.15) is 50.3 Å². The summed E-state index contributed by atoms with van der Waals surface area (Å²) < 4.78 is 0. The van der Waals surface area contributed by atoms with Crippen LogP contribution >= 0.6 is 22.9 Å². The fourth-order valence-corrected chi connectivity index (χ4v) is 2.92. The zero-order chi connectivity index (χ0) is 10.9. The molecule has 0 fully saturated rings. The van der Waals surface area contributed by atoms with E-state index in [9.17, 15) is 0 Å². The van der Waals surface area contributed by atoms with Crippen LogP contribution in [0.4, 0.5) is 0 Å². The van der Waals surface area contributed by atoms with Gasteiger partial charge in [-0.05, 0) is 24.3 Å². The number of hydrogen-bond acceptors (Lipinski definition) is 1. The molecule has 0 aliphatic carbocycles. The number of thiophene rings is 1. The quantitative estimate of drug-likeness (QED) is 0.432. The van der Waals surface area contributed by atoms with Crippen molar-refractivity contribution in [2.24, 2.45) is 0 Å². The number of halogens is 1. The van der Waals surface area contributed by atoms with Gasteiger partial charge in [0.1, 0.15) is 0 Å². The van der Waals surface area contributed by atoms with Crippen molar-refractivity contribution in [1.29, 1.82) is 0 Å². The first kappa shape index (κ1) is 13.1. The van der Waals surface area contributed by atoms with Gasteiger partial charge in [-0.2, -0.15) is 0 Å². The van der Waals surface area contributed by atoms with Crippen LogP contribution in [0.25, 0.3) is 0 Å². The molecule has 86 valence electrons. The molecule has 0 radical (unpaired) electrons. The van der Waals surface area contributed by atoms with Crippen molar-refractivity contribution >= 4 is 22.9 Å². The van der Waals surface area contributed by atoms with E-state index >= 15 is 0 Å². The second-order valence-corrected chi connectivity index (χ2v) is 5.73. The number of unbranched alkanes of at least 4 members (excludes halogenated alkanes) is 4. The number of alkyl halides is 1. The van der Waals surface area contributed by atoms with Crippen LogP contribution in [-0.2, 0) is 6.42 Å². The van der Waals surface area contributed by atoms with E-state index in [0.717, 1.165) is 6.42 Å². The molecule has 15 heavy (non-hydrogen) atoms. The molecule has 0 aromatic carbocycles. The molecular weight excluding hydrogens is 224 g/mol. The highest BCUT2D eigenvalue weighted by molar-refractivity contribution is 7.09. The van der Waals surface area contributed by atoms with Crippen molar-refractivity contribution in [2.75, 3.05) is 0 Å².